The SMILES string of the molecule is CCNC(=O)CN1CCN(C(=O)c2cccnc2N2CCCC2)CC1. The molecule has 0 radical (unpaired) electrons. The van der Waals surface area contributed by atoms with Crippen LogP contribution < -0.4 is 10.2 Å². The van der Waals surface area contributed by atoms with Gasteiger partial charge in [-0.1, -0.05) is 0 Å². The molecule has 7 nitrogen and oxygen atoms in total. The average molecular weight is 345 g/mol. The lowest BCUT2D eigenvalue weighted by atomic mass is 10.2. The lowest BCUT2D eigenvalue weighted by Crippen LogP contribution is -2.51. The van der Waals surface area contributed by atoms with E-state index < -0.39 is 0 Å². The van der Waals surface area contributed by atoms with E-state index in [1.54, 1.807) is 6.20 Å². The second-order valence-corrected chi connectivity index (χ2v) is 6.59. The summed E-state index contributed by atoms with van der Waals surface area (Å²) >= 11 is 0. The Morgan fingerprint density at radius 2 is 1.84 bits per heavy atom. The maximum Gasteiger partial charge on any atom is 0.257 e. The van der Waals surface area contributed by atoms with Gasteiger partial charge in [-0.2, -0.15) is 0 Å². The predicted octanol–water partition coefficient (Wildman–Crippen LogP) is 0.576. The third-order valence-corrected chi connectivity index (χ3v) is 4.82. The van der Waals surface area contributed by atoms with Crippen LogP contribution in [0.1, 0.15) is 30.1 Å². The first-order valence-electron chi connectivity index (χ1n) is 9.17. The van der Waals surface area contributed by atoms with Gasteiger partial charge in [0, 0.05) is 52.0 Å². The molecule has 0 bridgehead atoms. The van der Waals surface area contributed by atoms with E-state index in [1.165, 1.54) is 0 Å². The van der Waals surface area contributed by atoms with Gasteiger partial charge >= 0.3 is 0 Å². The van der Waals surface area contributed by atoms with Crippen LogP contribution in [0.3, 0.4) is 0 Å². The first-order chi connectivity index (χ1) is 12.2. The molecule has 2 fully saturated rings. The number of likely N-dealkylation sites (N-methyl/N-ethyl adjacent to an activating group) is 1. The van der Waals surface area contributed by atoms with Crippen molar-refractivity contribution in [3.63, 3.8) is 0 Å². The first-order valence-corrected chi connectivity index (χ1v) is 9.17. The Labute approximate surface area is 149 Å². The number of nitrogens with one attached hydrogen (secondary N) is 1. The number of hydrogen-bond acceptors (Lipinski definition) is 5. The molecule has 2 amide bonds. The Bertz CT molecular complexity index is 607. The van der Waals surface area contributed by atoms with E-state index in [-0.39, 0.29) is 11.8 Å². The van der Waals surface area contributed by atoms with Gasteiger partial charge in [-0.15, -0.1) is 0 Å². The quantitative estimate of drug-likeness (QED) is 0.845. The summed E-state index contributed by atoms with van der Waals surface area (Å²) in [7, 11) is 0. The lowest BCUT2D eigenvalue weighted by Gasteiger charge is -2.34. The number of piperazine rings is 1. The Balaban J connectivity index is 1.60. The summed E-state index contributed by atoms with van der Waals surface area (Å²) < 4.78 is 0. The molecule has 0 saturated carbocycles. The number of pyridine rings is 1. The molecule has 0 spiro atoms. The highest BCUT2D eigenvalue weighted by atomic mass is 16.2. The van der Waals surface area contributed by atoms with Gasteiger partial charge in [0.25, 0.3) is 5.91 Å². The Morgan fingerprint density at radius 1 is 1.12 bits per heavy atom. The Hall–Kier alpha value is -2.15. The smallest absolute Gasteiger partial charge is 0.257 e. The number of amides is 2. The number of carbonyl (C=O) groups is 2. The normalized spacial score (nSPS) is 18.4. The largest absolute Gasteiger partial charge is 0.356 e. The zero-order chi connectivity index (χ0) is 17.6. The minimum atomic E-state index is 0.0471. The molecule has 3 rings (SSSR count). The molecular weight excluding hydrogens is 318 g/mol. The topological polar surface area (TPSA) is 68.8 Å². The Morgan fingerprint density at radius 3 is 2.52 bits per heavy atom. The van der Waals surface area contributed by atoms with Crippen LogP contribution in [0, 0.1) is 0 Å². The minimum Gasteiger partial charge on any atom is -0.356 e. The molecule has 1 N–H and O–H groups in total. The highest BCUT2D eigenvalue weighted by Crippen LogP contribution is 2.23. The molecule has 136 valence electrons. The van der Waals surface area contributed by atoms with Crippen molar-refractivity contribution in [2.45, 2.75) is 19.8 Å². The molecule has 0 atom stereocenters. The van der Waals surface area contributed by atoms with Crippen LogP contribution >= 0.6 is 0 Å². The van der Waals surface area contributed by atoms with Crippen molar-refractivity contribution in [2.75, 3.05) is 57.3 Å². The van der Waals surface area contributed by atoms with Crippen LogP contribution in [-0.2, 0) is 4.79 Å². The van der Waals surface area contributed by atoms with Gasteiger partial charge in [-0.05, 0) is 31.9 Å². The molecule has 2 aliphatic rings. The van der Waals surface area contributed by atoms with Crippen LogP contribution in [-0.4, -0.2) is 79.0 Å². The average Bonchev–Trinajstić information content (AvgIpc) is 3.16. The van der Waals surface area contributed by atoms with Crippen LogP contribution in [0.25, 0.3) is 0 Å². The standard InChI is InChI=1S/C18H27N5O2/c1-2-19-16(24)14-21-10-12-23(13-11-21)18(25)15-6-5-7-20-17(15)22-8-3-4-9-22/h5-7H,2-4,8-14H2,1H3,(H,19,24). The minimum absolute atomic E-state index is 0.0471. The molecule has 7 heteroatoms. The summed E-state index contributed by atoms with van der Waals surface area (Å²) in [4.78, 5) is 35.3. The predicted molar refractivity (Wildman–Crippen MR) is 96.7 cm³/mol. The maximum atomic E-state index is 13.0. The summed E-state index contributed by atoms with van der Waals surface area (Å²) in [6, 6.07) is 3.71. The number of nitrogens with zero attached hydrogens (tertiary/aromatic N) is 4. The van der Waals surface area contributed by atoms with Crippen LogP contribution in [0.2, 0.25) is 0 Å². The summed E-state index contributed by atoms with van der Waals surface area (Å²) in [5.41, 5.74) is 0.696. The first kappa shape index (κ1) is 17.7. The van der Waals surface area contributed by atoms with E-state index in [0.717, 1.165) is 44.8 Å². The second kappa shape index (κ2) is 8.29. The number of hydrogen-bond donors (Lipinski definition) is 1. The van der Waals surface area contributed by atoms with Crippen molar-refractivity contribution in [3.05, 3.63) is 23.9 Å². The van der Waals surface area contributed by atoms with Crippen molar-refractivity contribution in [1.82, 2.24) is 20.1 Å². The van der Waals surface area contributed by atoms with Gasteiger partial charge < -0.3 is 15.1 Å². The summed E-state index contributed by atoms with van der Waals surface area (Å²) in [5.74, 6) is 0.910. The second-order valence-electron chi connectivity index (χ2n) is 6.59. The van der Waals surface area contributed by atoms with Gasteiger partial charge in [0.1, 0.15) is 5.82 Å². The summed E-state index contributed by atoms with van der Waals surface area (Å²) in [6.45, 7) is 7.65. The van der Waals surface area contributed by atoms with Crippen molar-refractivity contribution >= 4 is 17.6 Å². The molecule has 0 unspecified atom stereocenters. The zero-order valence-electron chi connectivity index (χ0n) is 14.9. The molecule has 0 aliphatic carbocycles. The fourth-order valence-corrected chi connectivity index (χ4v) is 3.48. The number of anilines is 1. The van der Waals surface area contributed by atoms with E-state index in [4.69, 9.17) is 0 Å². The van der Waals surface area contributed by atoms with E-state index >= 15 is 0 Å². The molecule has 25 heavy (non-hydrogen) atoms. The Kier molecular flexibility index (Phi) is 5.86. The van der Waals surface area contributed by atoms with Crippen molar-refractivity contribution in [2.24, 2.45) is 0 Å². The molecule has 2 aliphatic heterocycles. The molecule has 3 heterocycles. The maximum absolute atomic E-state index is 13.0. The molecule has 1 aromatic heterocycles. The monoisotopic (exact) mass is 345 g/mol. The third-order valence-electron chi connectivity index (χ3n) is 4.82. The summed E-state index contributed by atoms with van der Waals surface area (Å²) in [6.07, 6.45) is 4.07. The fraction of sp³-hybridized carbons (Fsp3) is 0.611. The van der Waals surface area contributed by atoms with E-state index in [2.05, 4.69) is 20.1 Å². The van der Waals surface area contributed by atoms with Gasteiger partial charge in [-0.3, -0.25) is 14.5 Å². The van der Waals surface area contributed by atoms with Crippen LogP contribution in [0.5, 0.6) is 0 Å². The van der Waals surface area contributed by atoms with Crippen molar-refractivity contribution in [3.8, 4) is 0 Å². The van der Waals surface area contributed by atoms with E-state index in [1.807, 2.05) is 24.0 Å². The zero-order valence-corrected chi connectivity index (χ0v) is 14.9. The summed E-state index contributed by atoms with van der Waals surface area (Å²) in [5, 5.41) is 2.82. The highest BCUT2D eigenvalue weighted by molar-refractivity contribution is 5.99. The van der Waals surface area contributed by atoms with Crippen LogP contribution in [0.4, 0.5) is 5.82 Å². The third kappa shape index (κ3) is 4.28. The van der Waals surface area contributed by atoms with Gasteiger partial charge in [-0.25, -0.2) is 4.98 Å². The number of rotatable bonds is 5. The van der Waals surface area contributed by atoms with E-state index in [9.17, 15) is 9.59 Å². The van der Waals surface area contributed by atoms with Gasteiger partial charge in [0.2, 0.25) is 5.91 Å². The van der Waals surface area contributed by atoms with Crippen LogP contribution in [0.15, 0.2) is 18.3 Å². The van der Waals surface area contributed by atoms with Crippen molar-refractivity contribution < 1.29 is 9.59 Å². The van der Waals surface area contributed by atoms with Gasteiger partial charge in [0.15, 0.2) is 0 Å². The van der Waals surface area contributed by atoms with E-state index in [0.29, 0.717) is 31.7 Å². The molecule has 0 aromatic carbocycles. The number of aromatic nitrogens is 1. The van der Waals surface area contributed by atoms with Gasteiger partial charge in [0.05, 0.1) is 12.1 Å². The van der Waals surface area contributed by atoms with Crippen molar-refractivity contribution in [1.29, 1.82) is 0 Å². The lowest BCUT2D eigenvalue weighted by molar-refractivity contribution is -0.122. The molecule has 2 saturated heterocycles. The molecule has 1 aromatic rings. The fourth-order valence-electron chi connectivity index (χ4n) is 3.48. The number of carbonyl (C=O) groups excluding carboxylic acids is 2. The molecular formula is C18H27N5O2. The highest BCUT2D eigenvalue weighted by Gasteiger charge is 2.27.